The fourth-order valence-electron chi connectivity index (χ4n) is 1.12. The molecular formula is C7H12N2OS. The Hall–Kier alpha value is -0.280. The molecule has 1 fully saturated rings. The number of rotatable bonds is 2. The van der Waals surface area contributed by atoms with Crippen molar-refractivity contribution in [3.8, 4) is 0 Å². The van der Waals surface area contributed by atoms with Gasteiger partial charge in [-0.3, -0.25) is 0 Å². The topological polar surface area (TPSA) is 24.8 Å². The minimum absolute atomic E-state index is 0.212. The number of hydrogen-bond donors (Lipinski definition) is 0. The predicted molar refractivity (Wildman–Crippen MR) is 47.1 cm³/mol. The lowest BCUT2D eigenvalue weighted by Gasteiger charge is -2.28. The van der Waals surface area contributed by atoms with E-state index in [2.05, 4.69) is 34.3 Å². The van der Waals surface area contributed by atoms with Crippen LogP contribution < -0.4 is 0 Å². The lowest BCUT2D eigenvalue weighted by molar-refractivity contribution is -0.0135. The fourth-order valence-corrected chi connectivity index (χ4v) is 1.19. The third-order valence-electron chi connectivity index (χ3n) is 1.70. The minimum Gasteiger partial charge on any atom is -0.374 e. The molecule has 1 unspecified atom stereocenters. The summed E-state index contributed by atoms with van der Waals surface area (Å²) < 4.78 is 5.43. The highest BCUT2D eigenvalue weighted by Gasteiger charge is 2.16. The number of nitrogens with zero attached hydrogens (tertiary/aromatic N) is 2. The van der Waals surface area contributed by atoms with Crippen LogP contribution >= 0.6 is 12.2 Å². The van der Waals surface area contributed by atoms with Crippen LogP contribution in [-0.2, 0) is 4.74 Å². The van der Waals surface area contributed by atoms with Crippen LogP contribution in [0.2, 0.25) is 0 Å². The van der Waals surface area contributed by atoms with E-state index in [1.807, 2.05) is 0 Å². The molecule has 1 saturated heterocycles. The van der Waals surface area contributed by atoms with Crippen molar-refractivity contribution in [2.24, 2.45) is 4.99 Å². The molecule has 0 bridgehead atoms. The summed E-state index contributed by atoms with van der Waals surface area (Å²) in [6.45, 7) is 3.40. The SMILES string of the molecule is CN1CCOC(CN=C=S)C1. The first-order chi connectivity index (χ1) is 5.33. The number of likely N-dealkylation sites (N-methyl/N-ethyl adjacent to an activating group) is 1. The van der Waals surface area contributed by atoms with Crippen LogP contribution in [0.1, 0.15) is 0 Å². The first-order valence-corrected chi connectivity index (χ1v) is 4.07. The van der Waals surface area contributed by atoms with Crippen LogP contribution in [0, 0.1) is 0 Å². The van der Waals surface area contributed by atoms with Gasteiger partial charge >= 0.3 is 0 Å². The van der Waals surface area contributed by atoms with Crippen molar-refractivity contribution < 1.29 is 4.74 Å². The zero-order valence-electron chi connectivity index (χ0n) is 6.62. The number of hydrogen-bond acceptors (Lipinski definition) is 4. The summed E-state index contributed by atoms with van der Waals surface area (Å²) in [5.74, 6) is 0. The summed E-state index contributed by atoms with van der Waals surface area (Å²) in [7, 11) is 2.08. The first kappa shape index (κ1) is 8.81. The van der Waals surface area contributed by atoms with Crippen LogP contribution in [0.15, 0.2) is 4.99 Å². The molecule has 0 aromatic carbocycles. The van der Waals surface area contributed by atoms with E-state index in [0.29, 0.717) is 6.54 Å². The Morgan fingerprint density at radius 3 is 3.27 bits per heavy atom. The standard InChI is InChI=1S/C7H12N2OS/c1-9-2-3-10-7(5-9)4-8-6-11/h7H,2-5H2,1H3. The third-order valence-corrected chi connectivity index (χ3v) is 1.83. The summed E-state index contributed by atoms with van der Waals surface area (Å²) in [5, 5.41) is 2.34. The van der Waals surface area contributed by atoms with Crippen molar-refractivity contribution >= 4 is 17.4 Å². The maximum Gasteiger partial charge on any atom is 0.0905 e. The lowest BCUT2D eigenvalue weighted by Crippen LogP contribution is -2.41. The van der Waals surface area contributed by atoms with Gasteiger partial charge < -0.3 is 9.64 Å². The van der Waals surface area contributed by atoms with E-state index < -0.39 is 0 Å². The van der Waals surface area contributed by atoms with Crippen molar-refractivity contribution in [1.82, 2.24) is 4.90 Å². The van der Waals surface area contributed by atoms with Crippen LogP contribution in [0.5, 0.6) is 0 Å². The molecule has 0 radical (unpaired) electrons. The minimum atomic E-state index is 0.212. The van der Waals surface area contributed by atoms with Crippen LogP contribution in [0.4, 0.5) is 0 Å². The maximum absolute atomic E-state index is 5.43. The Bertz CT molecular complexity index is 168. The van der Waals surface area contributed by atoms with Gasteiger partial charge in [0, 0.05) is 13.1 Å². The molecule has 0 amide bonds. The largest absolute Gasteiger partial charge is 0.374 e. The average Bonchev–Trinajstić information content (AvgIpc) is 2.01. The van der Waals surface area contributed by atoms with E-state index in [1.54, 1.807) is 0 Å². The van der Waals surface area contributed by atoms with E-state index in [1.165, 1.54) is 0 Å². The predicted octanol–water partition coefficient (Wildman–Crippen LogP) is 0.420. The lowest BCUT2D eigenvalue weighted by atomic mass is 10.3. The molecule has 0 spiro atoms. The van der Waals surface area contributed by atoms with Crippen molar-refractivity contribution in [3.63, 3.8) is 0 Å². The number of morpholine rings is 1. The summed E-state index contributed by atoms with van der Waals surface area (Å²) in [6.07, 6.45) is 0.212. The fraction of sp³-hybridized carbons (Fsp3) is 0.857. The number of ether oxygens (including phenoxy) is 1. The van der Waals surface area contributed by atoms with Crippen molar-refractivity contribution in [1.29, 1.82) is 0 Å². The Morgan fingerprint density at radius 1 is 1.82 bits per heavy atom. The van der Waals surface area contributed by atoms with E-state index in [9.17, 15) is 0 Å². The second-order valence-corrected chi connectivity index (χ2v) is 2.87. The zero-order chi connectivity index (χ0) is 8.10. The summed E-state index contributed by atoms with van der Waals surface area (Å²) >= 11 is 4.46. The number of thiocarbonyl (C=S) groups is 1. The Balaban J connectivity index is 2.27. The number of aliphatic imine (C=N–C) groups is 1. The van der Waals surface area contributed by atoms with Crippen molar-refractivity contribution in [3.05, 3.63) is 0 Å². The molecule has 0 aromatic rings. The second-order valence-electron chi connectivity index (χ2n) is 2.69. The van der Waals surface area contributed by atoms with Gasteiger partial charge in [-0.25, -0.2) is 4.99 Å². The third kappa shape index (κ3) is 3.08. The molecule has 0 aromatic heterocycles. The van der Waals surface area contributed by atoms with Crippen LogP contribution in [-0.4, -0.2) is 49.5 Å². The molecule has 1 atom stereocenters. The summed E-state index contributed by atoms with van der Waals surface area (Å²) in [6, 6.07) is 0. The molecule has 0 aliphatic carbocycles. The summed E-state index contributed by atoms with van der Waals surface area (Å²) in [4.78, 5) is 6.07. The Labute approximate surface area is 72.1 Å². The molecule has 1 heterocycles. The van der Waals surface area contributed by atoms with Crippen molar-refractivity contribution in [2.75, 3.05) is 33.3 Å². The van der Waals surface area contributed by atoms with Gasteiger partial charge in [0.05, 0.1) is 24.4 Å². The highest BCUT2D eigenvalue weighted by atomic mass is 32.1. The molecule has 3 nitrogen and oxygen atoms in total. The van der Waals surface area contributed by atoms with Gasteiger partial charge in [0.15, 0.2) is 0 Å². The molecule has 0 saturated carbocycles. The monoisotopic (exact) mass is 172 g/mol. The Kier molecular flexibility index (Phi) is 3.66. The number of isothiocyanates is 1. The van der Waals surface area contributed by atoms with E-state index in [0.717, 1.165) is 19.7 Å². The van der Waals surface area contributed by atoms with Gasteiger partial charge in [-0.2, -0.15) is 0 Å². The summed E-state index contributed by atoms with van der Waals surface area (Å²) in [5.41, 5.74) is 0. The molecule has 1 rings (SSSR count). The molecule has 1 aliphatic heterocycles. The van der Waals surface area contributed by atoms with E-state index >= 15 is 0 Å². The quantitative estimate of drug-likeness (QED) is 0.446. The van der Waals surface area contributed by atoms with Gasteiger partial charge in [-0.15, -0.1) is 0 Å². The Morgan fingerprint density at radius 2 is 2.64 bits per heavy atom. The average molecular weight is 172 g/mol. The van der Waals surface area contributed by atoms with Gasteiger partial charge in [-0.1, -0.05) is 0 Å². The first-order valence-electron chi connectivity index (χ1n) is 3.66. The molecule has 0 N–H and O–H groups in total. The zero-order valence-corrected chi connectivity index (χ0v) is 7.43. The molecule has 4 heteroatoms. The van der Waals surface area contributed by atoms with Crippen LogP contribution in [0.3, 0.4) is 0 Å². The van der Waals surface area contributed by atoms with Gasteiger partial charge in [-0.05, 0) is 19.3 Å². The highest BCUT2D eigenvalue weighted by Crippen LogP contribution is 2.02. The van der Waals surface area contributed by atoms with Crippen molar-refractivity contribution in [2.45, 2.75) is 6.10 Å². The van der Waals surface area contributed by atoms with E-state index in [4.69, 9.17) is 4.74 Å². The van der Waals surface area contributed by atoms with Crippen LogP contribution in [0.25, 0.3) is 0 Å². The normalized spacial score (nSPS) is 26.1. The smallest absolute Gasteiger partial charge is 0.0905 e. The molecular weight excluding hydrogens is 160 g/mol. The second kappa shape index (κ2) is 4.57. The molecule has 62 valence electrons. The van der Waals surface area contributed by atoms with Gasteiger partial charge in [0.2, 0.25) is 0 Å². The molecule has 1 aliphatic rings. The van der Waals surface area contributed by atoms with Gasteiger partial charge in [0.1, 0.15) is 0 Å². The highest BCUT2D eigenvalue weighted by molar-refractivity contribution is 7.78. The maximum atomic E-state index is 5.43. The van der Waals surface area contributed by atoms with E-state index in [-0.39, 0.29) is 6.10 Å². The molecule has 11 heavy (non-hydrogen) atoms. The van der Waals surface area contributed by atoms with Gasteiger partial charge in [0.25, 0.3) is 0 Å².